The van der Waals surface area contributed by atoms with Gasteiger partial charge in [-0.05, 0) is 46.9 Å². The predicted octanol–water partition coefficient (Wildman–Crippen LogP) is 3.42. The lowest BCUT2D eigenvalue weighted by molar-refractivity contribution is 0.164. The van der Waals surface area contributed by atoms with Crippen molar-refractivity contribution in [2.75, 3.05) is 0 Å². The molecule has 0 saturated heterocycles. The van der Waals surface area contributed by atoms with Gasteiger partial charge in [0, 0.05) is 6.42 Å². The number of thiophene rings is 1. The summed E-state index contributed by atoms with van der Waals surface area (Å²) >= 11 is 1.66. The van der Waals surface area contributed by atoms with Crippen LogP contribution in [0.15, 0.2) is 41.1 Å². The molecule has 0 amide bonds. The summed E-state index contributed by atoms with van der Waals surface area (Å²) < 4.78 is 13.4. The van der Waals surface area contributed by atoms with E-state index in [0.29, 0.717) is 18.4 Å². The molecule has 0 radical (unpaired) electrons. The molecule has 0 saturated carbocycles. The Kier molecular flexibility index (Phi) is 4.29. The highest BCUT2D eigenvalue weighted by atomic mass is 32.1. The van der Waals surface area contributed by atoms with E-state index in [-0.39, 0.29) is 5.82 Å². The number of halogens is 1. The zero-order valence-corrected chi connectivity index (χ0v) is 10.3. The van der Waals surface area contributed by atoms with Gasteiger partial charge in [-0.25, -0.2) is 4.39 Å². The summed E-state index contributed by atoms with van der Waals surface area (Å²) in [6.07, 6.45) is 1.42. The van der Waals surface area contributed by atoms with Crippen LogP contribution < -0.4 is 0 Å². The Hall–Kier alpha value is -1.19. The number of benzene rings is 1. The van der Waals surface area contributed by atoms with E-state index >= 15 is 0 Å². The van der Waals surface area contributed by atoms with Crippen LogP contribution in [0.2, 0.25) is 0 Å². The highest BCUT2D eigenvalue weighted by molar-refractivity contribution is 7.07. The largest absolute Gasteiger partial charge is 0.393 e. The van der Waals surface area contributed by atoms with E-state index in [1.807, 2.05) is 5.38 Å². The fourth-order valence-corrected chi connectivity index (χ4v) is 2.49. The molecule has 17 heavy (non-hydrogen) atoms. The SMILES string of the molecule is OC(CCc1ccsc1)Cc1ccccc1F. The summed E-state index contributed by atoms with van der Waals surface area (Å²) in [5, 5.41) is 14.0. The molecule has 1 N–H and O–H groups in total. The highest BCUT2D eigenvalue weighted by Gasteiger charge is 2.09. The van der Waals surface area contributed by atoms with Gasteiger partial charge in [0.05, 0.1) is 6.10 Å². The van der Waals surface area contributed by atoms with Crippen LogP contribution >= 0.6 is 11.3 Å². The first kappa shape index (κ1) is 12.3. The van der Waals surface area contributed by atoms with Crippen molar-refractivity contribution >= 4 is 11.3 Å². The van der Waals surface area contributed by atoms with Gasteiger partial charge in [0.25, 0.3) is 0 Å². The van der Waals surface area contributed by atoms with Crippen molar-refractivity contribution in [3.05, 3.63) is 58.0 Å². The minimum Gasteiger partial charge on any atom is -0.393 e. The third-order valence-electron chi connectivity index (χ3n) is 2.76. The van der Waals surface area contributed by atoms with Gasteiger partial charge in [-0.15, -0.1) is 0 Å². The van der Waals surface area contributed by atoms with E-state index in [1.165, 1.54) is 11.6 Å². The lowest BCUT2D eigenvalue weighted by Crippen LogP contribution is -2.12. The molecule has 0 aliphatic heterocycles. The molecule has 0 aliphatic rings. The van der Waals surface area contributed by atoms with Crippen molar-refractivity contribution in [3.8, 4) is 0 Å². The minimum absolute atomic E-state index is 0.234. The molecule has 2 aromatic rings. The number of rotatable bonds is 5. The lowest BCUT2D eigenvalue weighted by atomic mass is 10.0. The molecule has 1 aromatic heterocycles. The standard InChI is InChI=1S/C14H15FOS/c15-14-4-2-1-3-12(14)9-13(16)6-5-11-7-8-17-10-11/h1-4,7-8,10,13,16H,5-6,9H2. The summed E-state index contributed by atoms with van der Waals surface area (Å²) in [5.41, 5.74) is 1.83. The zero-order valence-electron chi connectivity index (χ0n) is 9.47. The first-order valence-electron chi connectivity index (χ1n) is 5.68. The molecular formula is C14H15FOS. The Bertz CT molecular complexity index is 453. The van der Waals surface area contributed by atoms with Crippen molar-refractivity contribution < 1.29 is 9.50 Å². The first-order chi connectivity index (χ1) is 8.25. The summed E-state index contributed by atoms with van der Waals surface area (Å²) in [6, 6.07) is 8.67. The van der Waals surface area contributed by atoms with Crippen molar-refractivity contribution in [3.63, 3.8) is 0 Å². The normalized spacial score (nSPS) is 12.6. The molecule has 0 spiro atoms. The number of hydrogen-bond donors (Lipinski definition) is 1. The van der Waals surface area contributed by atoms with Gasteiger partial charge in [0.1, 0.15) is 5.82 Å². The summed E-state index contributed by atoms with van der Waals surface area (Å²) in [5.74, 6) is -0.234. The van der Waals surface area contributed by atoms with Crippen molar-refractivity contribution in [2.24, 2.45) is 0 Å². The maximum atomic E-state index is 13.4. The third-order valence-corrected chi connectivity index (χ3v) is 3.49. The molecular weight excluding hydrogens is 235 g/mol. The van der Waals surface area contributed by atoms with E-state index in [4.69, 9.17) is 0 Å². The van der Waals surface area contributed by atoms with E-state index in [0.717, 1.165) is 6.42 Å². The fraction of sp³-hybridized carbons (Fsp3) is 0.286. The molecule has 2 rings (SSSR count). The Labute approximate surface area is 105 Å². The molecule has 1 nitrogen and oxygen atoms in total. The van der Waals surface area contributed by atoms with Gasteiger partial charge in [-0.2, -0.15) is 11.3 Å². The molecule has 1 unspecified atom stereocenters. The Balaban J connectivity index is 1.85. The Morgan fingerprint density at radius 1 is 1.24 bits per heavy atom. The molecule has 3 heteroatoms. The third kappa shape index (κ3) is 3.65. The molecule has 0 bridgehead atoms. The molecule has 90 valence electrons. The summed E-state index contributed by atoms with van der Waals surface area (Å²) in [7, 11) is 0. The topological polar surface area (TPSA) is 20.2 Å². The average Bonchev–Trinajstić information content (AvgIpc) is 2.82. The lowest BCUT2D eigenvalue weighted by Gasteiger charge is -2.10. The van der Waals surface area contributed by atoms with Crippen molar-refractivity contribution in [1.29, 1.82) is 0 Å². The minimum atomic E-state index is -0.480. The van der Waals surface area contributed by atoms with Crippen LogP contribution in [-0.2, 0) is 12.8 Å². The van der Waals surface area contributed by atoms with Crippen LogP contribution in [0.25, 0.3) is 0 Å². The van der Waals surface area contributed by atoms with Gasteiger partial charge < -0.3 is 5.11 Å². The predicted molar refractivity (Wildman–Crippen MR) is 68.8 cm³/mol. The smallest absolute Gasteiger partial charge is 0.126 e. The molecule has 0 aliphatic carbocycles. The second-order valence-corrected chi connectivity index (χ2v) is 4.90. The molecule has 0 fully saturated rings. The zero-order chi connectivity index (χ0) is 12.1. The van der Waals surface area contributed by atoms with E-state index in [9.17, 15) is 9.50 Å². The Morgan fingerprint density at radius 3 is 2.76 bits per heavy atom. The fourth-order valence-electron chi connectivity index (χ4n) is 1.79. The molecule has 1 aromatic carbocycles. The van der Waals surface area contributed by atoms with Crippen LogP contribution in [0.3, 0.4) is 0 Å². The van der Waals surface area contributed by atoms with Crippen molar-refractivity contribution in [1.82, 2.24) is 0 Å². The Morgan fingerprint density at radius 2 is 2.06 bits per heavy atom. The van der Waals surface area contributed by atoms with Crippen LogP contribution in [0, 0.1) is 5.82 Å². The van der Waals surface area contributed by atoms with E-state index in [2.05, 4.69) is 11.4 Å². The van der Waals surface area contributed by atoms with Crippen LogP contribution in [0.4, 0.5) is 4.39 Å². The number of hydrogen-bond acceptors (Lipinski definition) is 2. The van der Waals surface area contributed by atoms with Gasteiger partial charge in [-0.3, -0.25) is 0 Å². The summed E-state index contributed by atoms with van der Waals surface area (Å²) in [6.45, 7) is 0. The van der Waals surface area contributed by atoms with Gasteiger partial charge >= 0.3 is 0 Å². The maximum absolute atomic E-state index is 13.4. The van der Waals surface area contributed by atoms with Crippen LogP contribution in [0.1, 0.15) is 17.5 Å². The van der Waals surface area contributed by atoms with Gasteiger partial charge in [0.2, 0.25) is 0 Å². The van der Waals surface area contributed by atoms with E-state index < -0.39 is 6.10 Å². The van der Waals surface area contributed by atoms with Gasteiger partial charge in [-0.1, -0.05) is 18.2 Å². The summed E-state index contributed by atoms with van der Waals surface area (Å²) in [4.78, 5) is 0. The number of aryl methyl sites for hydroxylation is 1. The molecule has 1 heterocycles. The number of aliphatic hydroxyl groups excluding tert-OH is 1. The van der Waals surface area contributed by atoms with Crippen LogP contribution in [0.5, 0.6) is 0 Å². The van der Waals surface area contributed by atoms with Gasteiger partial charge in [0.15, 0.2) is 0 Å². The second kappa shape index (κ2) is 5.94. The monoisotopic (exact) mass is 250 g/mol. The van der Waals surface area contributed by atoms with Crippen LogP contribution in [-0.4, -0.2) is 11.2 Å². The number of aliphatic hydroxyl groups is 1. The highest BCUT2D eigenvalue weighted by Crippen LogP contribution is 2.14. The second-order valence-electron chi connectivity index (χ2n) is 4.12. The quantitative estimate of drug-likeness (QED) is 0.862. The van der Waals surface area contributed by atoms with Crippen molar-refractivity contribution in [2.45, 2.75) is 25.4 Å². The molecule has 1 atom stereocenters. The van der Waals surface area contributed by atoms with E-state index in [1.54, 1.807) is 29.5 Å². The average molecular weight is 250 g/mol. The maximum Gasteiger partial charge on any atom is 0.126 e. The first-order valence-corrected chi connectivity index (χ1v) is 6.62.